The second-order valence-corrected chi connectivity index (χ2v) is 5.54. The highest BCUT2D eigenvalue weighted by Crippen LogP contribution is 2.22. The number of halogens is 2. The van der Waals surface area contributed by atoms with Crippen molar-refractivity contribution in [2.24, 2.45) is 0 Å². The summed E-state index contributed by atoms with van der Waals surface area (Å²) in [5, 5.41) is 3.07. The van der Waals surface area contributed by atoms with Gasteiger partial charge in [0.2, 0.25) is 5.91 Å². The summed E-state index contributed by atoms with van der Waals surface area (Å²) < 4.78 is 5.79. The Kier molecular flexibility index (Phi) is 8.31. The van der Waals surface area contributed by atoms with Crippen LogP contribution in [-0.2, 0) is 4.79 Å². The fourth-order valence-electron chi connectivity index (χ4n) is 2.72. The van der Waals surface area contributed by atoms with Gasteiger partial charge in [-0.05, 0) is 32.1 Å². The number of oxazole rings is 1. The molecule has 1 amide bonds. The molecular weight excluding hydrogens is 351 g/mol. The van der Waals surface area contributed by atoms with Crippen molar-refractivity contribution in [2.75, 3.05) is 44.7 Å². The number of benzene rings is 1. The van der Waals surface area contributed by atoms with Crippen LogP contribution in [0.5, 0.6) is 0 Å². The van der Waals surface area contributed by atoms with Crippen molar-refractivity contribution in [3.63, 3.8) is 0 Å². The molecule has 1 fully saturated rings. The van der Waals surface area contributed by atoms with Crippen molar-refractivity contribution in [1.82, 2.24) is 15.2 Å². The summed E-state index contributed by atoms with van der Waals surface area (Å²) in [7, 11) is 1.91. The summed E-state index contributed by atoms with van der Waals surface area (Å²) in [5.41, 5.74) is 1.69. The lowest BCUT2D eigenvalue weighted by molar-refractivity contribution is -0.131. The maximum atomic E-state index is 12.1. The van der Waals surface area contributed by atoms with Gasteiger partial charge in [-0.2, -0.15) is 4.98 Å². The van der Waals surface area contributed by atoms with Crippen LogP contribution in [0.2, 0.25) is 0 Å². The zero-order chi connectivity index (χ0) is 15.4. The molecule has 3 rings (SSSR count). The summed E-state index contributed by atoms with van der Waals surface area (Å²) in [6.07, 6.45) is 1.50. The van der Waals surface area contributed by atoms with E-state index in [1.54, 1.807) is 0 Å². The Morgan fingerprint density at radius 2 is 1.92 bits per heavy atom. The lowest BCUT2D eigenvalue weighted by Crippen LogP contribution is -2.49. The minimum absolute atomic E-state index is 0. The van der Waals surface area contributed by atoms with Crippen molar-refractivity contribution in [2.45, 2.75) is 12.8 Å². The predicted octanol–water partition coefficient (Wildman–Crippen LogP) is 2.32. The first-order valence-corrected chi connectivity index (χ1v) is 7.81. The highest BCUT2D eigenvalue weighted by atomic mass is 35.5. The molecule has 0 unspecified atom stereocenters. The Morgan fingerprint density at radius 1 is 1.21 bits per heavy atom. The van der Waals surface area contributed by atoms with Gasteiger partial charge in [-0.3, -0.25) is 4.79 Å². The molecule has 0 radical (unpaired) electrons. The van der Waals surface area contributed by atoms with E-state index in [2.05, 4.69) is 15.2 Å². The number of para-hydroxylation sites is 2. The molecule has 0 saturated carbocycles. The van der Waals surface area contributed by atoms with Crippen LogP contribution in [0.1, 0.15) is 12.8 Å². The SMILES string of the molecule is CNCCCC(=O)N1CCN(c2nc3ccccc3o2)CC1.Cl.Cl. The first kappa shape index (κ1) is 20.5. The Hall–Kier alpha value is -1.50. The molecule has 0 atom stereocenters. The second-order valence-electron chi connectivity index (χ2n) is 5.54. The van der Waals surface area contributed by atoms with Crippen LogP contribution in [0.15, 0.2) is 28.7 Å². The Labute approximate surface area is 154 Å². The quantitative estimate of drug-likeness (QED) is 0.813. The topological polar surface area (TPSA) is 61.6 Å². The largest absolute Gasteiger partial charge is 0.423 e. The molecule has 6 nitrogen and oxygen atoms in total. The lowest BCUT2D eigenvalue weighted by Gasteiger charge is -2.33. The number of hydrogen-bond donors (Lipinski definition) is 1. The number of hydrogen-bond acceptors (Lipinski definition) is 5. The van der Waals surface area contributed by atoms with E-state index in [1.807, 2.05) is 36.2 Å². The van der Waals surface area contributed by atoms with Crippen LogP contribution in [0.25, 0.3) is 11.1 Å². The molecule has 0 spiro atoms. The van der Waals surface area contributed by atoms with Gasteiger partial charge < -0.3 is 19.5 Å². The maximum absolute atomic E-state index is 12.1. The molecule has 1 N–H and O–H groups in total. The Balaban J connectivity index is 0.00000144. The van der Waals surface area contributed by atoms with Gasteiger partial charge in [-0.1, -0.05) is 12.1 Å². The van der Waals surface area contributed by atoms with E-state index in [9.17, 15) is 4.79 Å². The average Bonchev–Trinajstić information content (AvgIpc) is 2.99. The van der Waals surface area contributed by atoms with Crippen molar-refractivity contribution in [1.29, 1.82) is 0 Å². The third kappa shape index (κ3) is 4.75. The molecule has 1 aromatic carbocycles. The molecule has 24 heavy (non-hydrogen) atoms. The molecule has 1 aliphatic heterocycles. The van der Waals surface area contributed by atoms with Crippen LogP contribution in [-0.4, -0.2) is 55.6 Å². The number of amides is 1. The number of carbonyl (C=O) groups is 1. The van der Waals surface area contributed by atoms with Gasteiger partial charge >= 0.3 is 0 Å². The fraction of sp³-hybridized carbons (Fsp3) is 0.500. The Bertz CT molecular complexity index is 609. The van der Waals surface area contributed by atoms with Gasteiger partial charge in [0.05, 0.1) is 0 Å². The number of carbonyl (C=O) groups excluding carboxylic acids is 1. The predicted molar refractivity (Wildman–Crippen MR) is 100 cm³/mol. The molecule has 8 heteroatoms. The second kappa shape index (κ2) is 9.71. The van der Waals surface area contributed by atoms with E-state index >= 15 is 0 Å². The van der Waals surface area contributed by atoms with Crippen molar-refractivity contribution < 1.29 is 9.21 Å². The van der Waals surface area contributed by atoms with E-state index in [1.165, 1.54) is 0 Å². The summed E-state index contributed by atoms with van der Waals surface area (Å²) in [4.78, 5) is 20.7. The molecule has 1 saturated heterocycles. The van der Waals surface area contributed by atoms with Crippen LogP contribution in [0, 0.1) is 0 Å². The van der Waals surface area contributed by atoms with Gasteiger partial charge in [0.25, 0.3) is 6.01 Å². The molecule has 0 aliphatic carbocycles. The summed E-state index contributed by atoms with van der Waals surface area (Å²) in [6.45, 7) is 3.89. The van der Waals surface area contributed by atoms with Crippen LogP contribution < -0.4 is 10.2 Å². The summed E-state index contributed by atoms with van der Waals surface area (Å²) >= 11 is 0. The molecule has 1 aliphatic rings. The smallest absolute Gasteiger partial charge is 0.298 e. The van der Waals surface area contributed by atoms with E-state index < -0.39 is 0 Å². The minimum Gasteiger partial charge on any atom is -0.423 e. The van der Waals surface area contributed by atoms with Crippen molar-refractivity contribution in [3.05, 3.63) is 24.3 Å². The van der Waals surface area contributed by atoms with E-state index in [0.717, 1.165) is 50.2 Å². The molecule has 2 aromatic rings. The summed E-state index contributed by atoms with van der Waals surface area (Å²) in [5.74, 6) is 0.243. The van der Waals surface area contributed by atoms with Gasteiger partial charge in [-0.25, -0.2) is 0 Å². The maximum Gasteiger partial charge on any atom is 0.298 e. The number of nitrogens with zero attached hydrogens (tertiary/aromatic N) is 3. The molecule has 0 bridgehead atoms. The number of aromatic nitrogens is 1. The summed E-state index contributed by atoms with van der Waals surface area (Å²) in [6, 6.07) is 8.43. The van der Waals surface area contributed by atoms with Crippen LogP contribution >= 0.6 is 24.8 Å². The third-order valence-corrected chi connectivity index (χ3v) is 4.00. The van der Waals surface area contributed by atoms with Crippen molar-refractivity contribution >= 4 is 47.8 Å². The molecule has 1 aromatic heterocycles. The highest BCUT2D eigenvalue weighted by Gasteiger charge is 2.23. The third-order valence-electron chi connectivity index (χ3n) is 4.00. The average molecular weight is 375 g/mol. The van der Waals surface area contributed by atoms with Crippen LogP contribution in [0.3, 0.4) is 0 Å². The minimum atomic E-state index is 0. The van der Waals surface area contributed by atoms with Crippen molar-refractivity contribution in [3.8, 4) is 0 Å². The van der Waals surface area contributed by atoms with Crippen LogP contribution in [0.4, 0.5) is 6.01 Å². The van der Waals surface area contributed by atoms with E-state index in [-0.39, 0.29) is 30.7 Å². The van der Waals surface area contributed by atoms with E-state index in [4.69, 9.17) is 4.42 Å². The Morgan fingerprint density at radius 3 is 2.58 bits per heavy atom. The first-order valence-electron chi connectivity index (χ1n) is 7.81. The van der Waals surface area contributed by atoms with E-state index in [0.29, 0.717) is 12.4 Å². The standard InChI is InChI=1S/C16H22N4O2.2ClH/c1-17-8-4-7-15(21)19-9-11-20(12-10-19)16-18-13-5-2-3-6-14(13)22-16;;/h2-3,5-6,17H,4,7-12H2,1H3;2*1H. The number of fused-ring (bicyclic) bond motifs is 1. The van der Waals surface area contributed by atoms with Gasteiger partial charge in [-0.15, -0.1) is 24.8 Å². The molecule has 2 heterocycles. The fourth-order valence-corrected chi connectivity index (χ4v) is 2.72. The zero-order valence-corrected chi connectivity index (χ0v) is 15.4. The monoisotopic (exact) mass is 374 g/mol. The molecule has 134 valence electrons. The number of anilines is 1. The highest BCUT2D eigenvalue weighted by molar-refractivity contribution is 5.85. The van der Waals surface area contributed by atoms with Gasteiger partial charge in [0.15, 0.2) is 5.58 Å². The first-order chi connectivity index (χ1) is 10.8. The number of rotatable bonds is 5. The normalized spacial score (nSPS) is 14.2. The molecular formula is C16H24Cl2N4O2. The van der Waals surface area contributed by atoms with Gasteiger partial charge in [0.1, 0.15) is 5.52 Å². The number of nitrogens with one attached hydrogen (secondary N) is 1. The van der Waals surface area contributed by atoms with Gasteiger partial charge in [0, 0.05) is 32.6 Å². The number of piperazine rings is 1. The lowest BCUT2D eigenvalue weighted by atomic mass is 10.2. The zero-order valence-electron chi connectivity index (χ0n) is 13.7.